The van der Waals surface area contributed by atoms with E-state index in [1.54, 1.807) is 0 Å². The Hall–Kier alpha value is -1.73. The number of fused-ring (bicyclic) bond motifs is 1. The number of carboxylic acids is 1. The Balaban J connectivity index is 2.30. The first-order valence-corrected chi connectivity index (χ1v) is 5.72. The van der Waals surface area contributed by atoms with Crippen LogP contribution in [0.2, 0.25) is 0 Å². The summed E-state index contributed by atoms with van der Waals surface area (Å²) in [5, 5.41) is 11.2. The third-order valence-corrected chi connectivity index (χ3v) is 3.00. The highest BCUT2D eigenvalue weighted by atomic mass is 31.0. The van der Waals surface area contributed by atoms with E-state index in [2.05, 4.69) is 13.8 Å². The first kappa shape index (κ1) is 11.7. The van der Waals surface area contributed by atoms with Gasteiger partial charge in [0.15, 0.2) is 6.04 Å². The van der Waals surface area contributed by atoms with Crippen LogP contribution in [0.4, 0.5) is 0 Å². The number of aliphatic carboxylic acids is 1. The zero-order valence-electron chi connectivity index (χ0n) is 9.13. The lowest BCUT2D eigenvalue weighted by Crippen LogP contribution is -2.19. The first-order valence-electron chi connectivity index (χ1n) is 5.28. The molecule has 1 N–H and O–H groups in total. The Kier molecular flexibility index (Phi) is 3.50. The van der Waals surface area contributed by atoms with Crippen molar-refractivity contribution in [3.05, 3.63) is 48.0 Å². The first-order chi connectivity index (χ1) is 8.20. The number of carboxylic acid groups (broad SMARTS) is 1. The van der Waals surface area contributed by atoms with Crippen molar-refractivity contribution in [2.24, 2.45) is 4.74 Å². The summed E-state index contributed by atoms with van der Waals surface area (Å²) in [6.07, 6.45) is 0.393. The SMILES string of the molecule is O=C(O)[C@H](Cc1ccc2ccccc2c1)N=P. The molecular formula is C13H12NO2P. The predicted octanol–water partition coefficient (Wildman–Crippen LogP) is 3.16. The lowest BCUT2D eigenvalue weighted by molar-refractivity contribution is -0.138. The van der Waals surface area contributed by atoms with Crippen molar-refractivity contribution in [2.75, 3.05) is 0 Å². The van der Waals surface area contributed by atoms with Gasteiger partial charge in [-0.1, -0.05) is 42.5 Å². The minimum atomic E-state index is -0.923. The van der Waals surface area contributed by atoms with E-state index in [1.807, 2.05) is 42.5 Å². The number of benzene rings is 2. The van der Waals surface area contributed by atoms with Crippen LogP contribution in [0.5, 0.6) is 0 Å². The lowest BCUT2D eigenvalue weighted by atomic mass is 10.0. The molecule has 0 fully saturated rings. The Labute approximate surface area is 101 Å². The Bertz CT molecular complexity index is 568. The fourth-order valence-corrected chi connectivity index (χ4v) is 1.98. The molecule has 2 aromatic carbocycles. The van der Waals surface area contributed by atoms with Crippen molar-refractivity contribution in [2.45, 2.75) is 12.5 Å². The highest BCUT2D eigenvalue weighted by Crippen LogP contribution is 2.17. The summed E-state index contributed by atoms with van der Waals surface area (Å²) in [5.41, 5.74) is 0.970. The molecule has 2 rings (SSSR count). The van der Waals surface area contributed by atoms with Crippen LogP contribution in [-0.4, -0.2) is 17.1 Å². The van der Waals surface area contributed by atoms with Crippen LogP contribution in [0.15, 0.2) is 47.2 Å². The van der Waals surface area contributed by atoms with Gasteiger partial charge in [-0.2, -0.15) is 0 Å². The summed E-state index contributed by atoms with van der Waals surface area (Å²) in [6.45, 7) is 0. The summed E-state index contributed by atoms with van der Waals surface area (Å²) in [5.74, 6) is -0.923. The van der Waals surface area contributed by atoms with E-state index < -0.39 is 12.0 Å². The highest BCUT2D eigenvalue weighted by Gasteiger charge is 2.15. The van der Waals surface area contributed by atoms with E-state index in [-0.39, 0.29) is 0 Å². The van der Waals surface area contributed by atoms with Gasteiger partial charge in [0.2, 0.25) is 0 Å². The monoisotopic (exact) mass is 245 g/mol. The molecule has 2 aromatic rings. The van der Waals surface area contributed by atoms with Crippen molar-refractivity contribution in [3.8, 4) is 0 Å². The molecule has 3 nitrogen and oxygen atoms in total. The summed E-state index contributed by atoms with van der Waals surface area (Å²) in [6, 6.07) is 13.2. The molecule has 0 spiro atoms. The molecule has 4 heteroatoms. The van der Waals surface area contributed by atoms with E-state index in [9.17, 15) is 4.79 Å². The minimum Gasteiger partial charge on any atom is -0.480 e. The second kappa shape index (κ2) is 5.07. The molecule has 0 bridgehead atoms. The molecule has 0 saturated carbocycles. The molecule has 0 aliphatic rings. The molecule has 0 aromatic heterocycles. The molecule has 0 saturated heterocycles. The third kappa shape index (κ3) is 2.69. The summed E-state index contributed by atoms with van der Waals surface area (Å²) in [4.78, 5) is 10.9. The van der Waals surface area contributed by atoms with Gasteiger partial charge in [0.05, 0.1) is 0 Å². The highest BCUT2D eigenvalue weighted by molar-refractivity contribution is 7.04. The van der Waals surface area contributed by atoms with Gasteiger partial charge in [-0.05, 0) is 25.4 Å². The Morgan fingerprint density at radius 2 is 1.94 bits per heavy atom. The van der Waals surface area contributed by atoms with Crippen LogP contribution in [-0.2, 0) is 11.2 Å². The second-order valence-electron chi connectivity index (χ2n) is 3.87. The van der Waals surface area contributed by atoms with Crippen LogP contribution in [0.1, 0.15) is 5.56 Å². The molecule has 0 amide bonds. The Morgan fingerprint density at radius 3 is 2.59 bits per heavy atom. The zero-order valence-corrected chi connectivity index (χ0v) is 10.1. The van der Waals surface area contributed by atoms with Gasteiger partial charge in [-0.25, -0.2) is 4.79 Å². The molecule has 0 aliphatic carbocycles. The average molecular weight is 245 g/mol. The summed E-state index contributed by atoms with van der Waals surface area (Å²) < 4.78 is 3.67. The van der Waals surface area contributed by atoms with Crippen molar-refractivity contribution in [1.29, 1.82) is 0 Å². The molecule has 0 heterocycles. The molecule has 17 heavy (non-hydrogen) atoms. The second-order valence-corrected chi connectivity index (χ2v) is 4.13. The van der Waals surface area contributed by atoms with Gasteiger partial charge in [-0.3, -0.25) is 4.74 Å². The molecular weight excluding hydrogens is 233 g/mol. The fraction of sp³-hybridized carbons (Fsp3) is 0.154. The standard InChI is InChI=1S/C13H12NO2P/c15-13(16)12(14-17)8-9-5-6-10-3-1-2-4-11(10)7-9/h1-7,12,17H,8H2,(H,15,16)/t12-/m0/s1. The largest absolute Gasteiger partial charge is 0.480 e. The van der Waals surface area contributed by atoms with Gasteiger partial charge < -0.3 is 5.11 Å². The predicted molar refractivity (Wildman–Crippen MR) is 69.8 cm³/mol. The number of hydrogen-bond donors (Lipinski definition) is 1. The van der Waals surface area contributed by atoms with E-state index in [1.165, 1.54) is 0 Å². The third-order valence-electron chi connectivity index (χ3n) is 2.68. The quantitative estimate of drug-likeness (QED) is 0.841. The maximum Gasteiger partial charge on any atom is 0.329 e. The van der Waals surface area contributed by atoms with Crippen LogP contribution in [0.25, 0.3) is 10.8 Å². The van der Waals surface area contributed by atoms with Crippen molar-refractivity contribution < 1.29 is 9.90 Å². The number of carbonyl (C=O) groups is 1. The molecule has 1 atom stereocenters. The number of nitrogens with zero attached hydrogens (tertiary/aromatic N) is 1. The fourth-order valence-electron chi connectivity index (χ4n) is 1.78. The van der Waals surface area contributed by atoms with Gasteiger partial charge >= 0.3 is 5.97 Å². The maximum atomic E-state index is 10.9. The summed E-state index contributed by atoms with van der Waals surface area (Å²) in [7, 11) is 2.92. The minimum absolute atomic E-state index is 0.393. The van der Waals surface area contributed by atoms with E-state index >= 15 is 0 Å². The summed E-state index contributed by atoms with van der Waals surface area (Å²) >= 11 is 0. The Morgan fingerprint density at radius 1 is 1.24 bits per heavy atom. The molecule has 86 valence electrons. The molecule has 0 aliphatic heterocycles. The normalized spacial score (nSPS) is 12.2. The average Bonchev–Trinajstić information content (AvgIpc) is 2.35. The van der Waals surface area contributed by atoms with Crippen molar-refractivity contribution in [3.63, 3.8) is 0 Å². The number of hydrogen-bond acceptors (Lipinski definition) is 2. The van der Waals surface area contributed by atoms with Crippen LogP contribution < -0.4 is 0 Å². The topological polar surface area (TPSA) is 49.7 Å². The van der Waals surface area contributed by atoms with Gasteiger partial charge in [-0.15, -0.1) is 0 Å². The smallest absolute Gasteiger partial charge is 0.329 e. The van der Waals surface area contributed by atoms with Gasteiger partial charge in [0.25, 0.3) is 0 Å². The van der Waals surface area contributed by atoms with Crippen molar-refractivity contribution in [1.82, 2.24) is 0 Å². The maximum absolute atomic E-state index is 10.9. The zero-order chi connectivity index (χ0) is 12.3. The number of rotatable bonds is 4. The molecule has 0 radical (unpaired) electrons. The molecule has 0 unspecified atom stereocenters. The van der Waals surface area contributed by atoms with E-state index in [4.69, 9.17) is 5.11 Å². The van der Waals surface area contributed by atoms with Crippen LogP contribution >= 0.6 is 9.03 Å². The van der Waals surface area contributed by atoms with Crippen LogP contribution in [0.3, 0.4) is 0 Å². The van der Waals surface area contributed by atoms with Crippen LogP contribution in [0, 0.1) is 0 Å². The van der Waals surface area contributed by atoms with Gasteiger partial charge in [0, 0.05) is 6.42 Å². The van der Waals surface area contributed by atoms with E-state index in [0.717, 1.165) is 16.3 Å². The lowest BCUT2D eigenvalue weighted by Gasteiger charge is -2.07. The van der Waals surface area contributed by atoms with Crippen molar-refractivity contribution >= 4 is 25.8 Å². The van der Waals surface area contributed by atoms with E-state index in [0.29, 0.717) is 6.42 Å². The van der Waals surface area contributed by atoms with Gasteiger partial charge in [0.1, 0.15) is 0 Å².